The minimum Gasteiger partial charge on any atom is -0.329 e. The second-order valence-electron chi connectivity index (χ2n) is 4.07. The van der Waals surface area contributed by atoms with Crippen LogP contribution < -0.4 is 10.6 Å². The molecule has 1 aromatic heterocycles. The largest absolute Gasteiger partial charge is 0.329 e. The summed E-state index contributed by atoms with van der Waals surface area (Å²) < 4.78 is 0. The first-order chi connectivity index (χ1) is 8.20. The average molecular weight is 227 g/mol. The Bertz CT molecular complexity index is 491. The SMILES string of the molecule is Cc1cccc(N(C)c2ccc(CN)cc2)n1. The Labute approximate surface area is 102 Å². The molecule has 88 valence electrons. The Morgan fingerprint density at radius 3 is 2.41 bits per heavy atom. The van der Waals surface area contributed by atoms with E-state index < -0.39 is 0 Å². The smallest absolute Gasteiger partial charge is 0.132 e. The molecule has 2 aromatic rings. The van der Waals surface area contributed by atoms with Crippen molar-refractivity contribution in [2.24, 2.45) is 5.73 Å². The van der Waals surface area contributed by atoms with E-state index in [-0.39, 0.29) is 0 Å². The normalized spacial score (nSPS) is 10.3. The Morgan fingerprint density at radius 1 is 1.12 bits per heavy atom. The Hall–Kier alpha value is -1.87. The van der Waals surface area contributed by atoms with Crippen LogP contribution in [0.1, 0.15) is 11.3 Å². The van der Waals surface area contributed by atoms with E-state index >= 15 is 0 Å². The van der Waals surface area contributed by atoms with Crippen molar-refractivity contribution in [2.45, 2.75) is 13.5 Å². The fraction of sp³-hybridized carbons (Fsp3) is 0.214. The lowest BCUT2D eigenvalue weighted by molar-refractivity contribution is 1.06. The second-order valence-corrected chi connectivity index (χ2v) is 4.07. The molecule has 3 nitrogen and oxygen atoms in total. The Kier molecular flexibility index (Phi) is 3.40. The van der Waals surface area contributed by atoms with Crippen LogP contribution in [0.5, 0.6) is 0 Å². The third-order valence-electron chi connectivity index (χ3n) is 2.78. The summed E-state index contributed by atoms with van der Waals surface area (Å²) in [5.41, 5.74) is 8.85. The predicted octanol–water partition coefficient (Wildman–Crippen LogP) is 2.62. The molecule has 0 amide bonds. The lowest BCUT2D eigenvalue weighted by atomic mass is 10.2. The van der Waals surface area contributed by atoms with E-state index in [2.05, 4.69) is 22.0 Å². The van der Waals surface area contributed by atoms with Crippen molar-refractivity contribution in [3.05, 3.63) is 53.7 Å². The van der Waals surface area contributed by atoms with E-state index in [4.69, 9.17) is 5.73 Å². The van der Waals surface area contributed by atoms with E-state index in [0.29, 0.717) is 6.54 Å². The summed E-state index contributed by atoms with van der Waals surface area (Å²) in [6.07, 6.45) is 0. The molecular weight excluding hydrogens is 210 g/mol. The van der Waals surface area contributed by atoms with Crippen LogP contribution in [0, 0.1) is 6.92 Å². The molecule has 0 atom stereocenters. The summed E-state index contributed by atoms with van der Waals surface area (Å²) in [5, 5.41) is 0. The molecule has 0 bridgehead atoms. The molecule has 0 spiro atoms. The first-order valence-electron chi connectivity index (χ1n) is 5.67. The van der Waals surface area contributed by atoms with Gasteiger partial charge in [-0.25, -0.2) is 4.98 Å². The van der Waals surface area contributed by atoms with Gasteiger partial charge in [0.1, 0.15) is 5.82 Å². The fourth-order valence-electron chi connectivity index (χ4n) is 1.70. The van der Waals surface area contributed by atoms with Crippen LogP contribution in [0.15, 0.2) is 42.5 Å². The lowest BCUT2D eigenvalue weighted by Gasteiger charge is -2.18. The van der Waals surface area contributed by atoms with Gasteiger partial charge < -0.3 is 10.6 Å². The zero-order valence-electron chi connectivity index (χ0n) is 10.2. The predicted molar refractivity (Wildman–Crippen MR) is 71.4 cm³/mol. The average Bonchev–Trinajstić information content (AvgIpc) is 2.38. The number of nitrogens with two attached hydrogens (primary N) is 1. The molecule has 0 fully saturated rings. The second kappa shape index (κ2) is 4.97. The summed E-state index contributed by atoms with van der Waals surface area (Å²) in [6.45, 7) is 2.57. The highest BCUT2D eigenvalue weighted by atomic mass is 15.2. The van der Waals surface area contributed by atoms with Gasteiger partial charge in [0.15, 0.2) is 0 Å². The monoisotopic (exact) mass is 227 g/mol. The van der Waals surface area contributed by atoms with Gasteiger partial charge in [0.25, 0.3) is 0 Å². The van der Waals surface area contributed by atoms with E-state index in [1.54, 1.807) is 0 Å². The number of aryl methyl sites for hydroxylation is 1. The van der Waals surface area contributed by atoms with Gasteiger partial charge in [-0.15, -0.1) is 0 Å². The molecule has 0 aliphatic carbocycles. The van der Waals surface area contributed by atoms with Gasteiger partial charge >= 0.3 is 0 Å². The van der Waals surface area contributed by atoms with E-state index in [1.165, 1.54) is 0 Å². The summed E-state index contributed by atoms with van der Waals surface area (Å²) in [5.74, 6) is 0.950. The fourth-order valence-corrected chi connectivity index (χ4v) is 1.70. The number of hydrogen-bond donors (Lipinski definition) is 1. The summed E-state index contributed by atoms with van der Waals surface area (Å²) in [6, 6.07) is 14.2. The first kappa shape index (κ1) is 11.6. The molecule has 0 saturated carbocycles. The van der Waals surface area contributed by atoms with E-state index in [9.17, 15) is 0 Å². The molecule has 3 heteroatoms. The molecule has 0 saturated heterocycles. The number of benzene rings is 1. The Balaban J connectivity index is 2.27. The standard InChI is InChI=1S/C14H17N3/c1-11-4-3-5-14(16-11)17(2)13-8-6-12(10-15)7-9-13/h3-9H,10,15H2,1-2H3. The van der Waals surface area contributed by atoms with Crippen molar-refractivity contribution < 1.29 is 0 Å². The number of pyridine rings is 1. The molecule has 2 rings (SSSR count). The zero-order valence-corrected chi connectivity index (χ0v) is 10.2. The molecule has 1 heterocycles. The summed E-state index contributed by atoms with van der Waals surface area (Å²) in [4.78, 5) is 6.56. The van der Waals surface area contributed by atoms with Gasteiger partial charge in [0.05, 0.1) is 0 Å². The highest BCUT2D eigenvalue weighted by Crippen LogP contribution is 2.21. The van der Waals surface area contributed by atoms with Crippen LogP contribution >= 0.6 is 0 Å². The topological polar surface area (TPSA) is 42.1 Å². The lowest BCUT2D eigenvalue weighted by Crippen LogP contribution is -2.11. The first-order valence-corrected chi connectivity index (χ1v) is 5.67. The van der Waals surface area contributed by atoms with Gasteiger partial charge in [0, 0.05) is 25.0 Å². The van der Waals surface area contributed by atoms with Crippen molar-refractivity contribution in [1.82, 2.24) is 4.98 Å². The van der Waals surface area contributed by atoms with E-state index in [0.717, 1.165) is 22.8 Å². The molecule has 0 aliphatic heterocycles. The van der Waals surface area contributed by atoms with Gasteiger partial charge in [0.2, 0.25) is 0 Å². The molecule has 0 radical (unpaired) electrons. The maximum absolute atomic E-state index is 5.58. The molecule has 0 aliphatic rings. The van der Waals surface area contributed by atoms with Crippen LogP contribution in [-0.2, 0) is 6.54 Å². The highest BCUT2D eigenvalue weighted by Gasteiger charge is 2.04. The minimum absolute atomic E-state index is 0.576. The molecule has 17 heavy (non-hydrogen) atoms. The third-order valence-corrected chi connectivity index (χ3v) is 2.78. The van der Waals surface area contributed by atoms with Gasteiger partial charge in [-0.1, -0.05) is 18.2 Å². The van der Waals surface area contributed by atoms with Crippen molar-refractivity contribution in [3.63, 3.8) is 0 Å². The van der Waals surface area contributed by atoms with Crippen LogP contribution in [0.25, 0.3) is 0 Å². The zero-order chi connectivity index (χ0) is 12.3. The van der Waals surface area contributed by atoms with Crippen molar-refractivity contribution in [3.8, 4) is 0 Å². The summed E-state index contributed by atoms with van der Waals surface area (Å²) >= 11 is 0. The highest BCUT2D eigenvalue weighted by molar-refractivity contribution is 5.59. The number of nitrogens with zero attached hydrogens (tertiary/aromatic N) is 2. The third kappa shape index (κ3) is 2.63. The van der Waals surface area contributed by atoms with Crippen LogP contribution in [0.2, 0.25) is 0 Å². The molecule has 2 N–H and O–H groups in total. The molecule has 0 unspecified atom stereocenters. The van der Waals surface area contributed by atoms with Crippen LogP contribution in [0.4, 0.5) is 11.5 Å². The van der Waals surface area contributed by atoms with Gasteiger partial charge in [-0.05, 0) is 36.8 Å². The number of rotatable bonds is 3. The summed E-state index contributed by atoms with van der Waals surface area (Å²) in [7, 11) is 2.01. The van der Waals surface area contributed by atoms with Crippen LogP contribution in [-0.4, -0.2) is 12.0 Å². The number of hydrogen-bond acceptors (Lipinski definition) is 3. The molecule has 1 aromatic carbocycles. The van der Waals surface area contributed by atoms with Crippen molar-refractivity contribution >= 4 is 11.5 Å². The van der Waals surface area contributed by atoms with Gasteiger partial charge in [-0.2, -0.15) is 0 Å². The molecular formula is C14H17N3. The van der Waals surface area contributed by atoms with Gasteiger partial charge in [-0.3, -0.25) is 0 Å². The maximum Gasteiger partial charge on any atom is 0.132 e. The number of anilines is 2. The maximum atomic E-state index is 5.58. The van der Waals surface area contributed by atoms with Crippen LogP contribution in [0.3, 0.4) is 0 Å². The quantitative estimate of drug-likeness (QED) is 0.876. The minimum atomic E-state index is 0.576. The van der Waals surface area contributed by atoms with Crippen molar-refractivity contribution in [1.29, 1.82) is 0 Å². The number of aromatic nitrogens is 1. The Morgan fingerprint density at radius 2 is 1.82 bits per heavy atom. The van der Waals surface area contributed by atoms with E-state index in [1.807, 2.05) is 44.3 Å². The van der Waals surface area contributed by atoms with Crippen molar-refractivity contribution in [2.75, 3.05) is 11.9 Å².